The summed E-state index contributed by atoms with van der Waals surface area (Å²) < 4.78 is 6.54. The van der Waals surface area contributed by atoms with E-state index in [9.17, 15) is 0 Å². The smallest absolute Gasteiger partial charge is 0.136 e. The van der Waals surface area contributed by atoms with Gasteiger partial charge >= 0.3 is 0 Å². The summed E-state index contributed by atoms with van der Waals surface area (Å²) in [6.07, 6.45) is 0. The predicted molar refractivity (Wildman–Crippen MR) is 199 cm³/mol. The van der Waals surface area contributed by atoms with E-state index >= 15 is 0 Å². The maximum Gasteiger partial charge on any atom is 0.136 e. The van der Waals surface area contributed by atoms with Gasteiger partial charge in [-0.2, -0.15) is 0 Å². The van der Waals surface area contributed by atoms with Gasteiger partial charge in [0.05, 0.1) is 0 Å². The second kappa shape index (κ2) is 10.2. The molecule has 10 rings (SSSR count). The zero-order valence-corrected chi connectivity index (χ0v) is 25.6. The van der Waals surface area contributed by atoms with E-state index in [1.165, 1.54) is 87.6 Å². The van der Waals surface area contributed by atoms with Gasteiger partial charge in [0, 0.05) is 10.8 Å². The highest BCUT2D eigenvalue weighted by Crippen LogP contribution is 2.49. The molecule has 0 spiro atoms. The van der Waals surface area contributed by atoms with Crippen molar-refractivity contribution in [3.63, 3.8) is 0 Å². The maximum absolute atomic E-state index is 6.54. The van der Waals surface area contributed by atoms with Crippen LogP contribution in [0.15, 0.2) is 174 Å². The van der Waals surface area contributed by atoms with Gasteiger partial charge in [0.15, 0.2) is 0 Å². The van der Waals surface area contributed by atoms with Gasteiger partial charge in [0.2, 0.25) is 0 Å². The third-order valence-electron chi connectivity index (χ3n) is 9.83. The normalized spacial score (nSPS) is 11.8. The number of hydrogen-bond donors (Lipinski definition) is 0. The largest absolute Gasteiger partial charge is 0.456 e. The standard InChI is InChI=1S/C46H28O/c1-3-13-29(14-4-1)31-17-11-18-32(27-31)39-28-40-38(25-26-42-46(40)45-37(39)23-12-24-41(45)47-42)44-35-21-9-7-19-33(35)43(30-15-5-2-6-16-30)34-20-8-10-22-36(34)44/h1-28H. The lowest BCUT2D eigenvalue weighted by Crippen LogP contribution is -1.92. The number of furan rings is 1. The lowest BCUT2D eigenvalue weighted by Gasteiger charge is -2.19. The van der Waals surface area contributed by atoms with Crippen molar-refractivity contribution in [1.29, 1.82) is 0 Å². The van der Waals surface area contributed by atoms with Gasteiger partial charge in [-0.3, -0.25) is 0 Å². The van der Waals surface area contributed by atoms with Crippen molar-refractivity contribution in [2.75, 3.05) is 0 Å². The van der Waals surface area contributed by atoms with Gasteiger partial charge in [0.25, 0.3) is 0 Å². The lowest BCUT2D eigenvalue weighted by molar-refractivity contribution is 0.669. The van der Waals surface area contributed by atoms with Crippen LogP contribution < -0.4 is 0 Å². The van der Waals surface area contributed by atoms with Crippen LogP contribution >= 0.6 is 0 Å². The summed E-state index contributed by atoms with van der Waals surface area (Å²) in [5.41, 5.74) is 11.7. The van der Waals surface area contributed by atoms with Crippen LogP contribution in [0, 0.1) is 0 Å². The monoisotopic (exact) mass is 596 g/mol. The topological polar surface area (TPSA) is 13.1 Å². The minimum absolute atomic E-state index is 0.925. The second-order valence-electron chi connectivity index (χ2n) is 12.4. The summed E-state index contributed by atoms with van der Waals surface area (Å²) in [6, 6.07) is 61.5. The minimum Gasteiger partial charge on any atom is -0.456 e. The Hall–Kier alpha value is -6.18. The Morgan fingerprint density at radius 1 is 0.277 bits per heavy atom. The van der Waals surface area contributed by atoms with Crippen LogP contribution in [0.3, 0.4) is 0 Å². The Morgan fingerprint density at radius 3 is 1.49 bits per heavy atom. The van der Waals surface area contributed by atoms with Crippen LogP contribution in [0.4, 0.5) is 0 Å². The molecule has 47 heavy (non-hydrogen) atoms. The Balaban J connectivity index is 1.33. The molecule has 0 bridgehead atoms. The summed E-state index contributed by atoms with van der Waals surface area (Å²) in [7, 11) is 0. The molecule has 0 saturated carbocycles. The molecule has 0 saturated heterocycles. The average Bonchev–Trinajstić information content (AvgIpc) is 3.53. The number of rotatable bonds is 4. The van der Waals surface area contributed by atoms with Gasteiger partial charge in [-0.05, 0) is 107 Å². The molecule has 1 heteroatoms. The van der Waals surface area contributed by atoms with E-state index in [0.29, 0.717) is 0 Å². The summed E-state index contributed by atoms with van der Waals surface area (Å²) in [6.45, 7) is 0. The van der Waals surface area contributed by atoms with Crippen molar-refractivity contribution in [1.82, 2.24) is 0 Å². The van der Waals surface area contributed by atoms with E-state index in [-0.39, 0.29) is 0 Å². The number of fused-ring (bicyclic) bond motifs is 2. The summed E-state index contributed by atoms with van der Waals surface area (Å²) in [5.74, 6) is 0. The highest BCUT2D eigenvalue weighted by Gasteiger charge is 2.22. The Labute approximate surface area is 272 Å². The molecule has 0 aliphatic carbocycles. The summed E-state index contributed by atoms with van der Waals surface area (Å²) in [4.78, 5) is 0. The van der Waals surface area contributed by atoms with Crippen molar-refractivity contribution in [3.05, 3.63) is 170 Å². The molecule has 0 unspecified atom stereocenters. The van der Waals surface area contributed by atoms with Gasteiger partial charge < -0.3 is 4.42 Å². The van der Waals surface area contributed by atoms with Crippen LogP contribution in [0.1, 0.15) is 0 Å². The Bertz CT molecular complexity index is 2710. The van der Waals surface area contributed by atoms with Crippen molar-refractivity contribution < 1.29 is 4.42 Å². The van der Waals surface area contributed by atoms with Gasteiger partial charge in [0.1, 0.15) is 11.2 Å². The van der Waals surface area contributed by atoms with E-state index in [1.807, 2.05) is 0 Å². The van der Waals surface area contributed by atoms with Crippen LogP contribution in [0.25, 0.3) is 98.8 Å². The fourth-order valence-corrected chi connectivity index (χ4v) is 7.82. The van der Waals surface area contributed by atoms with Gasteiger partial charge in [-0.1, -0.05) is 140 Å². The van der Waals surface area contributed by atoms with Crippen LogP contribution in [0.2, 0.25) is 0 Å². The SMILES string of the molecule is c1ccc(-c2cccc(-c3cc4c(-c5c6ccccc6c(-c6ccccc6)c6ccccc56)ccc5oc6cccc3c6c54)c2)cc1. The molecule has 0 aliphatic heterocycles. The van der Waals surface area contributed by atoms with Crippen molar-refractivity contribution >= 4 is 54.3 Å². The molecule has 0 radical (unpaired) electrons. The average molecular weight is 597 g/mol. The quantitative estimate of drug-likeness (QED) is 0.145. The molecule has 0 atom stereocenters. The Kier molecular flexibility index (Phi) is 5.64. The van der Waals surface area contributed by atoms with Crippen LogP contribution in [-0.4, -0.2) is 0 Å². The molecule has 9 aromatic carbocycles. The zero-order valence-electron chi connectivity index (χ0n) is 25.6. The molecular weight excluding hydrogens is 569 g/mol. The highest BCUT2D eigenvalue weighted by atomic mass is 16.3. The Morgan fingerprint density at radius 2 is 0.787 bits per heavy atom. The van der Waals surface area contributed by atoms with Gasteiger partial charge in [-0.15, -0.1) is 0 Å². The molecular formula is C46H28O. The first-order valence-electron chi connectivity index (χ1n) is 16.2. The number of hydrogen-bond acceptors (Lipinski definition) is 1. The highest BCUT2D eigenvalue weighted by molar-refractivity contribution is 6.30. The molecule has 1 aromatic heterocycles. The van der Waals surface area contributed by atoms with Crippen LogP contribution in [0.5, 0.6) is 0 Å². The first-order valence-corrected chi connectivity index (χ1v) is 16.2. The molecule has 10 aromatic rings. The fourth-order valence-electron chi connectivity index (χ4n) is 7.82. The lowest BCUT2D eigenvalue weighted by atomic mass is 9.83. The summed E-state index contributed by atoms with van der Waals surface area (Å²) >= 11 is 0. The third kappa shape index (κ3) is 3.90. The zero-order chi connectivity index (χ0) is 30.9. The van der Waals surface area contributed by atoms with E-state index in [0.717, 1.165) is 11.2 Å². The first-order chi connectivity index (χ1) is 23.3. The second-order valence-corrected chi connectivity index (χ2v) is 12.4. The molecule has 218 valence electrons. The predicted octanol–water partition coefficient (Wildman–Crippen LogP) is 13.2. The third-order valence-corrected chi connectivity index (χ3v) is 9.83. The molecule has 0 N–H and O–H groups in total. The molecule has 1 heterocycles. The fraction of sp³-hybridized carbons (Fsp3) is 0. The van der Waals surface area contributed by atoms with E-state index in [2.05, 4.69) is 170 Å². The van der Waals surface area contributed by atoms with Crippen molar-refractivity contribution in [3.8, 4) is 44.5 Å². The van der Waals surface area contributed by atoms with E-state index in [4.69, 9.17) is 4.42 Å². The van der Waals surface area contributed by atoms with E-state index in [1.54, 1.807) is 0 Å². The molecule has 0 aliphatic rings. The van der Waals surface area contributed by atoms with Crippen LogP contribution in [-0.2, 0) is 0 Å². The summed E-state index contributed by atoms with van der Waals surface area (Å²) in [5, 5.41) is 9.82. The van der Waals surface area contributed by atoms with Gasteiger partial charge in [-0.25, -0.2) is 0 Å². The van der Waals surface area contributed by atoms with Crippen molar-refractivity contribution in [2.24, 2.45) is 0 Å². The minimum atomic E-state index is 0.925. The number of benzene rings is 9. The molecule has 1 nitrogen and oxygen atoms in total. The molecule has 0 fully saturated rings. The first kappa shape index (κ1) is 26.1. The maximum atomic E-state index is 6.54. The van der Waals surface area contributed by atoms with Crippen molar-refractivity contribution in [2.45, 2.75) is 0 Å². The molecule has 0 amide bonds. The van der Waals surface area contributed by atoms with E-state index < -0.39 is 0 Å².